The van der Waals surface area contributed by atoms with Gasteiger partial charge in [-0.1, -0.05) is 36.7 Å². The maximum Gasteiger partial charge on any atom is 0.229 e. The number of ether oxygens (including phenoxy) is 2. The minimum atomic E-state index is -0.136. The molecule has 7 heteroatoms. The number of likely N-dealkylation sites (tertiary alicyclic amines) is 1. The van der Waals surface area contributed by atoms with Crippen LogP contribution in [0, 0.1) is 0 Å². The standard InChI is InChI=1S/C23H27ClN2O4/c1-3-19(17-5-7-18(24)8-6-17)25-15-16-4-9-20(21(14-16)29-2)30-13-12-26-22(27)10-11-23(26)28/h4-9,14,19,25H,3,10-13,15H2,1-2H3. The lowest BCUT2D eigenvalue weighted by Crippen LogP contribution is -2.33. The molecule has 1 N–H and O–H groups in total. The number of nitrogens with one attached hydrogen (secondary N) is 1. The highest BCUT2D eigenvalue weighted by Gasteiger charge is 2.28. The molecule has 160 valence electrons. The predicted molar refractivity (Wildman–Crippen MR) is 116 cm³/mol. The van der Waals surface area contributed by atoms with Crippen LogP contribution in [0.15, 0.2) is 42.5 Å². The summed E-state index contributed by atoms with van der Waals surface area (Å²) in [5.74, 6) is 0.935. The molecule has 0 aromatic heterocycles. The SMILES string of the molecule is CCC(NCc1ccc(OCCN2C(=O)CCC2=O)c(OC)c1)c1ccc(Cl)cc1. The van der Waals surface area contributed by atoms with Gasteiger partial charge in [0.25, 0.3) is 0 Å². The van der Waals surface area contributed by atoms with Crippen LogP contribution in [0.3, 0.4) is 0 Å². The summed E-state index contributed by atoms with van der Waals surface area (Å²) in [5, 5.41) is 4.29. The summed E-state index contributed by atoms with van der Waals surface area (Å²) in [5.41, 5.74) is 2.26. The van der Waals surface area contributed by atoms with Crippen molar-refractivity contribution in [2.24, 2.45) is 0 Å². The highest BCUT2D eigenvalue weighted by Crippen LogP contribution is 2.29. The average Bonchev–Trinajstić information content (AvgIpc) is 3.08. The van der Waals surface area contributed by atoms with Crippen LogP contribution >= 0.6 is 11.6 Å². The molecule has 0 aliphatic carbocycles. The first-order valence-electron chi connectivity index (χ1n) is 10.1. The van der Waals surface area contributed by atoms with Crippen LogP contribution in [0.1, 0.15) is 43.4 Å². The van der Waals surface area contributed by atoms with Crippen molar-refractivity contribution in [3.8, 4) is 11.5 Å². The van der Waals surface area contributed by atoms with Crippen molar-refractivity contribution >= 4 is 23.4 Å². The number of hydrogen-bond donors (Lipinski definition) is 1. The Morgan fingerprint density at radius 3 is 2.40 bits per heavy atom. The maximum absolute atomic E-state index is 11.7. The van der Waals surface area contributed by atoms with Crippen molar-refractivity contribution in [2.75, 3.05) is 20.3 Å². The van der Waals surface area contributed by atoms with Gasteiger partial charge in [0.05, 0.1) is 13.7 Å². The summed E-state index contributed by atoms with van der Waals surface area (Å²) >= 11 is 5.99. The van der Waals surface area contributed by atoms with Crippen molar-refractivity contribution in [3.63, 3.8) is 0 Å². The Bertz CT molecular complexity index is 869. The molecule has 1 heterocycles. The molecule has 0 saturated carbocycles. The molecule has 6 nitrogen and oxygen atoms in total. The number of carbonyl (C=O) groups excluding carboxylic acids is 2. The van der Waals surface area contributed by atoms with Crippen LogP contribution in [-0.4, -0.2) is 37.0 Å². The van der Waals surface area contributed by atoms with Crippen LogP contribution in [0.2, 0.25) is 5.02 Å². The normalized spacial score (nSPS) is 14.8. The quantitative estimate of drug-likeness (QED) is 0.574. The Labute approximate surface area is 182 Å². The number of imide groups is 1. The van der Waals surface area contributed by atoms with E-state index in [-0.39, 0.29) is 31.0 Å². The van der Waals surface area contributed by atoms with Gasteiger partial charge in [-0.25, -0.2) is 0 Å². The first-order valence-corrected chi connectivity index (χ1v) is 10.5. The number of methoxy groups -OCH3 is 1. The smallest absolute Gasteiger partial charge is 0.229 e. The Morgan fingerprint density at radius 1 is 1.07 bits per heavy atom. The van der Waals surface area contributed by atoms with E-state index in [2.05, 4.69) is 12.2 Å². The summed E-state index contributed by atoms with van der Waals surface area (Å²) in [6.07, 6.45) is 1.53. The van der Waals surface area contributed by atoms with Gasteiger partial charge in [0.1, 0.15) is 6.61 Å². The van der Waals surface area contributed by atoms with Crippen molar-refractivity contribution in [2.45, 2.75) is 38.8 Å². The van der Waals surface area contributed by atoms with Crippen molar-refractivity contribution in [1.29, 1.82) is 0 Å². The van der Waals surface area contributed by atoms with E-state index in [0.717, 1.165) is 17.0 Å². The van der Waals surface area contributed by atoms with E-state index < -0.39 is 0 Å². The first-order chi connectivity index (χ1) is 14.5. The minimum absolute atomic E-state index is 0.136. The zero-order valence-electron chi connectivity index (χ0n) is 17.3. The van der Waals surface area contributed by atoms with E-state index in [1.165, 1.54) is 10.5 Å². The Balaban J connectivity index is 1.57. The molecule has 30 heavy (non-hydrogen) atoms. The fourth-order valence-corrected chi connectivity index (χ4v) is 3.62. The van der Waals surface area contributed by atoms with Gasteiger partial charge in [0, 0.05) is 30.5 Å². The number of benzene rings is 2. The van der Waals surface area contributed by atoms with E-state index in [1.54, 1.807) is 7.11 Å². The third-order valence-electron chi connectivity index (χ3n) is 5.19. The van der Waals surface area contributed by atoms with Crippen molar-refractivity contribution < 1.29 is 19.1 Å². The molecule has 0 bridgehead atoms. The lowest BCUT2D eigenvalue weighted by atomic mass is 10.0. The van der Waals surface area contributed by atoms with Gasteiger partial charge in [-0.2, -0.15) is 0 Å². The number of rotatable bonds is 10. The number of nitrogens with zero attached hydrogens (tertiary/aromatic N) is 1. The summed E-state index contributed by atoms with van der Waals surface area (Å²) in [6.45, 7) is 3.30. The molecule has 0 radical (unpaired) electrons. The van der Waals surface area contributed by atoms with Crippen LogP contribution in [0.25, 0.3) is 0 Å². The van der Waals surface area contributed by atoms with E-state index in [4.69, 9.17) is 21.1 Å². The summed E-state index contributed by atoms with van der Waals surface area (Å²) in [4.78, 5) is 24.6. The fraction of sp³-hybridized carbons (Fsp3) is 0.391. The molecule has 2 aromatic carbocycles. The Morgan fingerprint density at radius 2 is 1.77 bits per heavy atom. The summed E-state index contributed by atoms with van der Waals surface area (Å²) < 4.78 is 11.2. The molecule has 1 aliphatic heterocycles. The second-order valence-corrected chi connectivity index (χ2v) is 7.60. The topological polar surface area (TPSA) is 67.9 Å². The van der Waals surface area contributed by atoms with Crippen molar-refractivity contribution in [3.05, 3.63) is 58.6 Å². The van der Waals surface area contributed by atoms with Gasteiger partial charge in [-0.15, -0.1) is 0 Å². The van der Waals surface area contributed by atoms with Crippen LogP contribution < -0.4 is 14.8 Å². The second-order valence-electron chi connectivity index (χ2n) is 7.17. The number of carbonyl (C=O) groups is 2. The molecule has 1 aliphatic rings. The minimum Gasteiger partial charge on any atom is -0.493 e. The molecule has 1 fully saturated rings. The predicted octanol–water partition coefficient (Wildman–Crippen LogP) is 4.12. The molecular formula is C23H27ClN2O4. The molecule has 1 saturated heterocycles. The second kappa shape index (κ2) is 10.5. The Hall–Kier alpha value is -2.57. The van der Waals surface area contributed by atoms with E-state index >= 15 is 0 Å². The van der Waals surface area contributed by atoms with Gasteiger partial charge in [0.15, 0.2) is 11.5 Å². The van der Waals surface area contributed by atoms with E-state index in [0.29, 0.717) is 30.9 Å². The fourth-order valence-electron chi connectivity index (χ4n) is 3.49. The molecule has 2 aromatic rings. The molecular weight excluding hydrogens is 404 g/mol. The lowest BCUT2D eigenvalue weighted by molar-refractivity contribution is -0.138. The lowest BCUT2D eigenvalue weighted by Gasteiger charge is -2.19. The molecule has 1 unspecified atom stereocenters. The van der Waals surface area contributed by atoms with Gasteiger partial charge in [-0.05, 0) is 41.8 Å². The monoisotopic (exact) mass is 430 g/mol. The highest BCUT2D eigenvalue weighted by molar-refractivity contribution is 6.30. The number of amides is 2. The number of halogens is 1. The zero-order chi connectivity index (χ0) is 21.5. The number of hydrogen-bond acceptors (Lipinski definition) is 5. The molecule has 2 amide bonds. The molecule has 1 atom stereocenters. The highest BCUT2D eigenvalue weighted by atomic mass is 35.5. The summed E-state index contributed by atoms with van der Waals surface area (Å²) in [6, 6.07) is 13.9. The first kappa shape index (κ1) is 22.1. The molecule has 0 spiro atoms. The van der Waals surface area contributed by atoms with Gasteiger partial charge in [-0.3, -0.25) is 14.5 Å². The third kappa shape index (κ3) is 5.52. The van der Waals surface area contributed by atoms with E-state index in [9.17, 15) is 9.59 Å². The average molecular weight is 431 g/mol. The van der Waals surface area contributed by atoms with Gasteiger partial charge in [0.2, 0.25) is 11.8 Å². The van der Waals surface area contributed by atoms with Gasteiger partial charge < -0.3 is 14.8 Å². The third-order valence-corrected chi connectivity index (χ3v) is 5.44. The summed E-state index contributed by atoms with van der Waals surface area (Å²) in [7, 11) is 1.59. The molecule has 3 rings (SSSR count). The van der Waals surface area contributed by atoms with Crippen molar-refractivity contribution in [1.82, 2.24) is 10.2 Å². The largest absolute Gasteiger partial charge is 0.493 e. The van der Waals surface area contributed by atoms with Crippen LogP contribution in [-0.2, 0) is 16.1 Å². The van der Waals surface area contributed by atoms with Gasteiger partial charge >= 0.3 is 0 Å². The Kier molecular flexibility index (Phi) is 7.71. The van der Waals surface area contributed by atoms with Crippen LogP contribution in [0.4, 0.5) is 0 Å². The van der Waals surface area contributed by atoms with E-state index in [1.807, 2.05) is 42.5 Å². The zero-order valence-corrected chi connectivity index (χ0v) is 18.1. The maximum atomic E-state index is 11.7. The van der Waals surface area contributed by atoms with Crippen LogP contribution in [0.5, 0.6) is 11.5 Å².